The van der Waals surface area contributed by atoms with Gasteiger partial charge in [-0.2, -0.15) is 0 Å². The number of hydrogen-bond donors (Lipinski definition) is 0. The van der Waals surface area contributed by atoms with Gasteiger partial charge in [0.1, 0.15) is 0 Å². The molecule has 4 heteroatoms. The maximum absolute atomic E-state index is 12.5. The Kier molecular flexibility index (Phi) is 4.73. The number of carbonyl (C=O) groups excluding carboxylic acids is 1. The lowest BCUT2D eigenvalue weighted by Gasteiger charge is -2.12. The van der Waals surface area contributed by atoms with Gasteiger partial charge in [0.25, 0.3) is 0 Å². The van der Waals surface area contributed by atoms with Crippen LogP contribution in [0, 0.1) is 6.92 Å². The minimum Gasteiger partial charge on any atom is -0.293 e. The molecule has 0 heterocycles. The summed E-state index contributed by atoms with van der Waals surface area (Å²) in [5, 5.41) is -0.0979. The van der Waals surface area contributed by atoms with E-state index in [2.05, 4.69) is 0 Å². The van der Waals surface area contributed by atoms with Gasteiger partial charge in [-0.1, -0.05) is 41.9 Å². The number of halogens is 1. The van der Waals surface area contributed by atoms with Crippen molar-refractivity contribution < 1.29 is 9.00 Å². The maximum Gasteiger partial charge on any atom is 0.178 e. The average molecular weight is 307 g/mol. The van der Waals surface area contributed by atoms with Gasteiger partial charge >= 0.3 is 0 Å². The number of Topliss-reactive ketones (excluding diaryl/α,β-unsaturated/α-hetero) is 1. The first-order valence-corrected chi connectivity index (χ1v) is 7.86. The van der Waals surface area contributed by atoms with E-state index in [9.17, 15) is 9.00 Å². The van der Waals surface area contributed by atoms with Crippen molar-refractivity contribution in [1.29, 1.82) is 0 Å². The van der Waals surface area contributed by atoms with Crippen LogP contribution in [0.1, 0.15) is 22.8 Å². The van der Waals surface area contributed by atoms with Crippen molar-refractivity contribution in [2.45, 2.75) is 24.0 Å². The molecule has 0 aliphatic carbocycles. The molecule has 0 bridgehead atoms. The average Bonchev–Trinajstić information content (AvgIpc) is 2.45. The molecule has 2 rings (SSSR count). The van der Waals surface area contributed by atoms with Crippen LogP contribution in [-0.2, 0) is 10.8 Å². The number of ketones is 1. The van der Waals surface area contributed by atoms with Gasteiger partial charge in [-0.05, 0) is 37.6 Å². The Morgan fingerprint density at radius 2 is 1.85 bits per heavy atom. The van der Waals surface area contributed by atoms with Gasteiger partial charge in [0, 0.05) is 15.5 Å². The van der Waals surface area contributed by atoms with Crippen molar-refractivity contribution >= 4 is 28.2 Å². The summed E-state index contributed by atoms with van der Waals surface area (Å²) in [4.78, 5) is 13.1. The predicted octanol–water partition coefficient (Wildman–Crippen LogP) is 4.03. The van der Waals surface area contributed by atoms with Crippen LogP contribution in [0.15, 0.2) is 53.4 Å². The van der Waals surface area contributed by atoms with E-state index in [4.69, 9.17) is 11.6 Å². The van der Waals surface area contributed by atoms with Gasteiger partial charge in [0.2, 0.25) is 0 Å². The Balaban J connectivity index is 2.27. The second-order valence-corrected chi connectivity index (χ2v) is 6.76. The normalized spacial score (nSPS) is 13.8. The summed E-state index contributed by atoms with van der Waals surface area (Å²) >= 11 is 5.89. The largest absolute Gasteiger partial charge is 0.293 e. The number of aryl methyl sites for hydroxylation is 1. The first-order valence-electron chi connectivity index (χ1n) is 6.26. The van der Waals surface area contributed by atoms with Crippen LogP contribution >= 0.6 is 11.6 Å². The molecule has 0 aromatic heterocycles. The van der Waals surface area contributed by atoms with Gasteiger partial charge < -0.3 is 0 Å². The number of benzene rings is 2. The Bertz CT molecular complexity index is 667. The van der Waals surface area contributed by atoms with Crippen LogP contribution in [0.4, 0.5) is 0 Å². The molecule has 0 saturated heterocycles. The fraction of sp³-hybridized carbons (Fsp3) is 0.188. The van der Waals surface area contributed by atoms with Crippen molar-refractivity contribution in [2.75, 3.05) is 0 Å². The Morgan fingerprint density at radius 3 is 2.50 bits per heavy atom. The van der Waals surface area contributed by atoms with E-state index in [1.54, 1.807) is 37.3 Å². The second-order valence-electron chi connectivity index (χ2n) is 4.58. The van der Waals surface area contributed by atoms with Crippen LogP contribution < -0.4 is 0 Å². The smallest absolute Gasteiger partial charge is 0.178 e. The van der Waals surface area contributed by atoms with Crippen LogP contribution in [0.25, 0.3) is 0 Å². The Morgan fingerprint density at radius 1 is 1.15 bits per heavy atom. The molecule has 2 unspecified atom stereocenters. The zero-order valence-electron chi connectivity index (χ0n) is 11.3. The highest BCUT2D eigenvalue weighted by molar-refractivity contribution is 7.86. The highest BCUT2D eigenvalue weighted by Gasteiger charge is 2.23. The predicted molar refractivity (Wildman–Crippen MR) is 82.8 cm³/mol. The third-order valence-corrected chi connectivity index (χ3v) is 5.09. The lowest BCUT2D eigenvalue weighted by Crippen LogP contribution is -2.23. The van der Waals surface area contributed by atoms with Crippen LogP contribution in [-0.4, -0.2) is 15.2 Å². The minimum atomic E-state index is -1.37. The van der Waals surface area contributed by atoms with Crippen molar-refractivity contribution in [3.63, 3.8) is 0 Å². The molecule has 0 saturated carbocycles. The first-order chi connectivity index (χ1) is 9.50. The van der Waals surface area contributed by atoms with E-state index < -0.39 is 16.0 Å². The summed E-state index contributed by atoms with van der Waals surface area (Å²) in [6.07, 6.45) is 0. The van der Waals surface area contributed by atoms with Gasteiger partial charge in [0.05, 0.1) is 16.0 Å². The summed E-state index contributed by atoms with van der Waals surface area (Å²) in [6, 6.07) is 14.1. The Hall–Kier alpha value is -1.45. The molecule has 2 nitrogen and oxygen atoms in total. The number of hydrogen-bond acceptors (Lipinski definition) is 2. The summed E-state index contributed by atoms with van der Waals surface area (Å²) in [5.74, 6) is -0.158. The Labute approximate surface area is 126 Å². The van der Waals surface area contributed by atoms with Crippen molar-refractivity contribution in [3.05, 3.63) is 64.7 Å². The monoisotopic (exact) mass is 306 g/mol. The highest BCUT2D eigenvalue weighted by atomic mass is 35.5. The molecule has 2 aromatic rings. The first kappa shape index (κ1) is 14.9. The zero-order chi connectivity index (χ0) is 14.7. The fourth-order valence-electron chi connectivity index (χ4n) is 1.95. The number of carbonyl (C=O) groups is 1. The van der Waals surface area contributed by atoms with Crippen LogP contribution in [0.3, 0.4) is 0 Å². The lowest BCUT2D eigenvalue weighted by molar-refractivity contribution is 0.0992. The molecular formula is C16H15ClO2S. The van der Waals surface area contributed by atoms with Crippen molar-refractivity contribution in [1.82, 2.24) is 0 Å². The molecule has 0 aliphatic rings. The van der Waals surface area contributed by atoms with E-state index in [1.165, 1.54) is 0 Å². The second kappa shape index (κ2) is 6.33. The standard InChI is InChI=1S/C16H15ClO2S/c1-11-6-3-4-9-15(11)20(19)12(2)16(18)13-7-5-8-14(17)10-13/h3-10,12H,1-2H3. The molecule has 0 amide bonds. The number of rotatable bonds is 4. The molecular weight excluding hydrogens is 292 g/mol. The summed E-state index contributed by atoms with van der Waals surface area (Å²) in [7, 11) is -1.37. The van der Waals surface area contributed by atoms with E-state index in [0.717, 1.165) is 5.56 Å². The summed E-state index contributed by atoms with van der Waals surface area (Å²) < 4.78 is 12.5. The fourth-order valence-corrected chi connectivity index (χ4v) is 3.45. The van der Waals surface area contributed by atoms with Gasteiger partial charge in [-0.15, -0.1) is 0 Å². The van der Waals surface area contributed by atoms with E-state index >= 15 is 0 Å². The SMILES string of the molecule is Cc1ccccc1S(=O)C(C)C(=O)c1cccc(Cl)c1. The van der Waals surface area contributed by atoms with Gasteiger partial charge in [-0.3, -0.25) is 9.00 Å². The molecule has 0 spiro atoms. The summed E-state index contributed by atoms with van der Waals surface area (Å²) in [5.41, 5.74) is 1.42. The molecule has 0 aliphatic heterocycles. The third kappa shape index (κ3) is 3.17. The third-order valence-electron chi connectivity index (χ3n) is 3.11. The topological polar surface area (TPSA) is 34.1 Å². The maximum atomic E-state index is 12.5. The van der Waals surface area contributed by atoms with Crippen LogP contribution in [0.5, 0.6) is 0 Å². The molecule has 0 fully saturated rings. The summed E-state index contributed by atoms with van der Waals surface area (Å²) in [6.45, 7) is 3.58. The van der Waals surface area contributed by atoms with E-state index in [0.29, 0.717) is 15.5 Å². The zero-order valence-corrected chi connectivity index (χ0v) is 12.9. The molecule has 104 valence electrons. The van der Waals surface area contributed by atoms with Crippen molar-refractivity contribution in [2.24, 2.45) is 0 Å². The van der Waals surface area contributed by atoms with E-state index in [1.807, 2.05) is 25.1 Å². The van der Waals surface area contributed by atoms with Gasteiger partial charge in [-0.25, -0.2) is 0 Å². The van der Waals surface area contributed by atoms with Crippen molar-refractivity contribution in [3.8, 4) is 0 Å². The minimum absolute atomic E-state index is 0.158. The molecule has 0 radical (unpaired) electrons. The molecule has 2 atom stereocenters. The van der Waals surface area contributed by atoms with Gasteiger partial charge in [0.15, 0.2) is 5.78 Å². The molecule has 2 aromatic carbocycles. The molecule has 0 N–H and O–H groups in total. The van der Waals surface area contributed by atoms with E-state index in [-0.39, 0.29) is 5.78 Å². The van der Waals surface area contributed by atoms with Crippen LogP contribution in [0.2, 0.25) is 5.02 Å². The quantitative estimate of drug-likeness (QED) is 0.799. The lowest BCUT2D eigenvalue weighted by atomic mass is 10.1. The molecule has 20 heavy (non-hydrogen) atoms. The highest BCUT2D eigenvalue weighted by Crippen LogP contribution is 2.20.